The highest BCUT2D eigenvalue weighted by molar-refractivity contribution is 5.83. The summed E-state index contributed by atoms with van der Waals surface area (Å²) in [6.07, 6.45) is 0. The summed E-state index contributed by atoms with van der Waals surface area (Å²) >= 11 is 0. The topological polar surface area (TPSA) is 63.3 Å². The summed E-state index contributed by atoms with van der Waals surface area (Å²) in [5.74, 6) is 1.22. The Hall–Kier alpha value is -2.95. The van der Waals surface area contributed by atoms with Crippen LogP contribution >= 0.6 is 0 Å². The molecule has 0 aliphatic heterocycles. The normalized spacial score (nSPS) is 10.7. The van der Waals surface area contributed by atoms with Gasteiger partial charge in [0.05, 0.1) is 19.7 Å². The lowest BCUT2D eigenvalue weighted by atomic mass is 10.1. The molecule has 130 valence electrons. The predicted octanol–water partition coefficient (Wildman–Crippen LogP) is 3.77. The van der Waals surface area contributed by atoms with Gasteiger partial charge >= 0.3 is 0 Å². The van der Waals surface area contributed by atoms with E-state index in [1.807, 2.05) is 18.2 Å². The predicted molar refractivity (Wildman–Crippen MR) is 101 cm³/mol. The van der Waals surface area contributed by atoms with Crippen molar-refractivity contribution < 1.29 is 9.47 Å². The summed E-state index contributed by atoms with van der Waals surface area (Å²) < 4.78 is 10.6. The number of methoxy groups -OCH3 is 2. The minimum atomic E-state index is -0.114. The minimum Gasteiger partial charge on any atom is -0.493 e. The molecule has 3 aromatic rings. The molecule has 5 heteroatoms. The molecule has 0 saturated heterocycles. The molecule has 0 unspecified atom stereocenters. The molecular weight excluding hydrogens is 316 g/mol. The molecule has 5 nitrogen and oxygen atoms in total. The average Bonchev–Trinajstić information content (AvgIpc) is 2.60. The highest BCUT2D eigenvalue weighted by Gasteiger charge is 2.09. The number of fused-ring (bicyclic) bond motifs is 1. The first-order valence-corrected chi connectivity index (χ1v) is 8.11. The molecule has 0 radical (unpaired) electrons. The van der Waals surface area contributed by atoms with Crippen LogP contribution in [0.2, 0.25) is 0 Å². The summed E-state index contributed by atoms with van der Waals surface area (Å²) in [5, 5.41) is 4.24. The van der Waals surface area contributed by atoms with E-state index in [0.29, 0.717) is 23.6 Å². The Morgan fingerprint density at radius 3 is 2.40 bits per heavy atom. The van der Waals surface area contributed by atoms with Crippen LogP contribution in [0.3, 0.4) is 0 Å². The first-order chi connectivity index (χ1) is 12.0. The van der Waals surface area contributed by atoms with Gasteiger partial charge in [-0.1, -0.05) is 17.7 Å². The molecule has 25 heavy (non-hydrogen) atoms. The van der Waals surface area contributed by atoms with Gasteiger partial charge in [0, 0.05) is 29.2 Å². The van der Waals surface area contributed by atoms with Gasteiger partial charge in [-0.25, -0.2) is 0 Å². The lowest BCUT2D eigenvalue weighted by Crippen LogP contribution is -2.16. The van der Waals surface area contributed by atoms with Crippen molar-refractivity contribution in [2.75, 3.05) is 19.5 Å². The van der Waals surface area contributed by atoms with Crippen LogP contribution < -0.4 is 20.3 Å². The molecule has 0 fully saturated rings. The van der Waals surface area contributed by atoms with Crippen LogP contribution in [0.4, 0.5) is 5.69 Å². The van der Waals surface area contributed by atoms with E-state index in [9.17, 15) is 4.79 Å². The highest BCUT2D eigenvalue weighted by Crippen LogP contribution is 2.31. The van der Waals surface area contributed by atoms with E-state index >= 15 is 0 Å². The van der Waals surface area contributed by atoms with Crippen LogP contribution in [-0.2, 0) is 6.54 Å². The molecule has 0 atom stereocenters. The largest absolute Gasteiger partial charge is 0.493 e. The lowest BCUT2D eigenvalue weighted by Gasteiger charge is -2.12. The fourth-order valence-corrected chi connectivity index (χ4v) is 2.91. The summed E-state index contributed by atoms with van der Waals surface area (Å²) in [6, 6.07) is 11.7. The van der Waals surface area contributed by atoms with Gasteiger partial charge in [0.1, 0.15) is 0 Å². The minimum absolute atomic E-state index is 0.114. The molecule has 0 aliphatic rings. The van der Waals surface area contributed by atoms with Gasteiger partial charge in [-0.3, -0.25) is 4.79 Å². The Morgan fingerprint density at radius 1 is 1.00 bits per heavy atom. The zero-order chi connectivity index (χ0) is 18.0. The highest BCUT2D eigenvalue weighted by atomic mass is 16.5. The van der Waals surface area contributed by atoms with Crippen molar-refractivity contribution in [1.29, 1.82) is 0 Å². The van der Waals surface area contributed by atoms with E-state index < -0.39 is 0 Å². The molecule has 2 aromatic carbocycles. The quantitative estimate of drug-likeness (QED) is 0.743. The van der Waals surface area contributed by atoms with Gasteiger partial charge < -0.3 is 19.8 Å². The van der Waals surface area contributed by atoms with Gasteiger partial charge in [0.2, 0.25) is 0 Å². The number of aryl methyl sites for hydroxylation is 2. The molecule has 1 aromatic heterocycles. The SMILES string of the molecule is COc1cc2cc(CNc3ccc(C)cc3C)c(=O)[nH]c2cc1OC. The Labute approximate surface area is 146 Å². The maximum atomic E-state index is 12.4. The van der Waals surface area contributed by atoms with E-state index in [0.717, 1.165) is 22.2 Å². The second-order valence-electron chi connectivity index (χ2n) is 6.09. The Bertz CT molecular complexity index is 977. The van der Waals surface area contributed by atoms with Crippen LogP contribution in [0.1, 0.15) is 16.7 Å². The third-order valence-electron chi connectivity index (χ3n) is 4.28. The number of rotatable bonds is 5. The Morgan fingerprint density at radius 2 is 1.72 bits per heavy atom. The second kappa shape index (κ2) is 6.89. The lowest BCUT2D eigenvalue weighted by molar-refractivity contribution is 0.356. The molecule has 0 aliphatic carbocycles. The second-order valence-corrected chi connectivity index (χ2v) is 6.09. The number of anilines is 1. The van der Waals surface area contributed by atoms with Crippen LogP contribution in [0, 0.1) is 13.8 Å². The van der Waals surface area contributed by atoms with Crippen LogP contribution in [0.25, 0.3) is 10.9 Å². The zero-order valence-corrected chi connectivity index (χ0v) is 14.9. The average molecular weight is 338 g/mol. The van der Waals surface area contributed by atoms with Gasteiger partial charge in [-0.05, 0) is 37.6 Å². The first kappa shape index (κ1) is 16.9. The van der Waals surface area contributed by atoms with E-state index in [1.165, 1.54) is 5.56 Å². The van der Waals surface area contributed by atoms with Gasteiger partial charge in [0.15, 0.2) is 11.5 Å². The molecule has 0 amide bonds. The smallest absolute Gasteiger partial charge is 0.253 e. The molecule has 0 bridgehead atoms. The van der Waals surface area contributed by atoms with Crippen molar-refractivity contribution in [3.63, 3.8) is 0 Å². The summed E-state index contributed by atoms with van der Waals surface area (Å²) in [6.45, 7) is 4.56. The first-order valence-electron chi connectivity index (χ1n) is 8.11. The van der Waals surface area contributed by atoms with Crippen LogP contribution in [-0.4, -0.2) is 19.2 Å². The fourth-order valence-electron chi connectivity index (χ4n) is 2.91. The maximum Gasteiger partial charge on any atom is 0.253 e. The summed E-state index contributed by atoms with van der Waals surface area (Å²) in [4.78, 5) is 15.3. The standard InChI is InChI=1S/C20H22N2O3/c1-12-5-6-16(13(2)7-12)21-11-15-8-14-9-18(24-3)19(25-4)10-17(14)22-20(15)23/h5-10,21H,11H2,1-4H3,(H,22,23). The van der Waals surface area contributed by atoms with E-state index in [4.69, 9.17) is 9.47 Å². The van der Waals surface area contributed by atoms with Crippen molar-refractivity contribution in [3.05, 3.63) is 63.4 Å². The number of hydrogen-bond donors (Lipinski definition) is 2. The number of aromatic nitrogens is 1. The third-order valence-corrected chi connectivity index (χ3v) is 4.28. The molecule has 0 saturated carbocycles. The molecule has 3 rings (SSSR count). The van der Waals surface area contributed by atoms with E-state index in [1.54, 1.807) is 20.3 Å². The van der Waals surface area contributed by atoms with Crippen LogP contribution in [0.15, 0.2) is 41.2 Å². The number of pyridine rings is 1. The number of H-pyrrole nitrogens is 1. The molecule has 0 spiro atoms. The maximum absolute atomic E-state index is 12.4. The van der Waals surface area contributed by atoms with Crippen molar-refractivity contribution in [2.24, 2.45) is 0 Å². The zero-order valence-electron chi connectivity index (χ0n) is 14.9. The van der Waals surface area contributed by atoms with Gasteiger partial charge in [-0.15, -0.1) is 0 Å². The number of aromatic amines is 1. The number of benzene rings is 2. The van der Waals surface area contributed by atoms with Crippen molar-refractivity contribution in [2.45, 2.75) is 20.4 Å². The molecular formula is C20H22N2O3. The Balaban J connectivity index is 1.93. The monoisotopic (exact) mass is 338 g/mol. The van der Waals surface area contributed by atoms with Gasteiger partial charge in [0.25, 0.3) is 5.56 Å². The van der Waals surface area contributed by atoms with Crippen molar-refractivity contribution in [3.8, 4) is 11.5 Å². The van der Waals surface area contributed by atoms with Crippen LogP contribution in [0.5, 0.6) is 11.5 Å². The molecule has 2 N–H and O–H groups in total. The number of ether oxygens (including phenoxy) is 2. The van der Waals surface area contributed by atoms with Crippen molar-refractivity contribution in [1.82, 2.24) is 4.98 Å². The number of hydrogen-bond acceptors (Lipinski definition) is 4. The van der Waals surface area contributed by atoms with E-state index in [-0.39, 0.29) is 5.56 Å². The van der Waals surface area contributed by atoms with Crippen molar-refractivity contribution >= 4 is 16.6 Å². The van der Waals surface area contributed by atoms with Gasteiger partial charge in [-0.2, -0.15) is 0 Å². The molecule has 1 heterocycles. The third kappa shape index (κ3) is 3.45. The fraction of sp³-hybridized carbons (Fsp3) is 0.250. The number of nitrogens with one attached hydrogen (secondary N) is 2. The summed E-state index contributed by atoms with van der Waals surface area (Å²) in [5.41, 5.74) is 4.67. The van der Waals surface area contributed by atoms with E-state index in [2.05, 4.69) is 36.3 Å². The summed E-state index contributed by atoms with van der Waals surface area (Å²) in [7, 11) is 3.17. The Kier molecular flexibility index (Phi) is 4.65.